The Bertz CT molecular complexity index is 1150. The van der Waals surface area contributed by atoms with Crippen LogP contribution in [-0.2, 0) is 11.2 Å². The molecule has 0 spiro atoms. The average molecular weight is 437 g/mol. The SMILES string of the molecule is O=C1/C(=C/c2ccc(-c3ccccc3[N+](=O)[O-])o2)SC(=S)N1CCc1ccccc1. The highest BCUT2D eigenvalue weighted by molar-refractivity contribution is 8.26. The zero-order valence-electron chi connectivity index (χ0n) is 15.7. The van der Waals surface area contributed by atoms with Gasteiger partial charge in [0.05, 0.1) is 15.4 Å². The molecule has 0 saturated carbocycles. The molecule has 1 fully saturated rings. The van der Waals surface area contributed by atoms with Crippen molar-refractivity contribution >= 4 is 46.0 Å². The zero-order valence-corrected chi connectivity index (χ0v) is 17.3. The number of carbonyl (C=O) groups is 1. The largest absolute Gasteiger partial charge is 0.456 e. The molecule has 150 valence electrons. The first-order valence-corrected chi connectivity index (χ1v) is 10.4. The fourth-order valence-corrected chi connectivity index (χ4v) is 4.41. The lowest BCUT2D eigenvalue weighted by Gasteiger charge is -2.14. The summed E-state index contributed by atoms with van der Waals surface area (Å²) < 4.78 is 6.27. The Labute approximate surface area is 182 Å². The number of nitrogens with zero attached hydrogens (tertiary/aromatic N) is 2. The normalized spacial score (nSPS) is 15.2. The zero-order chi connectivity index (χ0) is 21.1. The fraction of sp³-hybridized carbons (Fsp3) is 0.0909. The van der Waals surface area contributed by atoms with Crippen LogP contribution in [0.4, 0.5) is 5.69 Å². The van der Waals surface area contributed by atoms with Gasteiger partial charge in [0.2, 0.25) is 0 Å². The van der Waals surface area contributed by atoms with Gasteiger partial charge >= 0.3 is 0 Å². The van der Waals surface area contributed by atoms with E-state index in [1.54, 1.807) is 41.3 Å². The molecule has 4 rings (SSSR count). The molecule has 1 aromatic heterocycles. The Kier molecular flexibility index (Phi) is 5.78. The topological polar surface area (TPSA) is 76.6 Å². The summed E-state index contributed by atoms with van der Waals surface area (Å²) in [6, 6.07) is 19.6. The average Bonchev–Trinajstić information content (AvgIpc) is 3.32. The second kappa shape index (κ2) is 8.64. The number of thiocarbonyl (C=S) groups is 1. The van der Waals surface area contributed by atoms with Gasteiger partial charge in [0.1, 0.15) is 15.8 Å². The number of amides is 1. The monoisotopic (exact) mass is 436 g/mol. The Morgan fingerprint density at radius 1 is 1.07 bits per heavy atom. The standard InChI is InChI=1S/C22H16N2O4S2/c25-21-20(30-22(29)23(21)13-12-15-6-2-1-3-7-15)14-16-10-11-19(28-16)17-8-4-5-9-18(17)24(26)27/h1-11,14H,12-13H2/b20-14-. The van der Waals surface area contributed by atoms with E-state index in [0.29, 0.717) is 39.3 Å². The van der Waals surface area contributed by atoms with E-state index in [4.69, 9.17) is 16.6 Å². The first-order chi connectivity index (χ1) is 14.5. The number of benzene rings is 2. The Balaban J connectivity index is 1.51. The summed E-state index contributed by atoms with van der Waals surface area (Å²) in [5, 5.41) is 11.2. The molecule has 6 nitrogen and oxygen atoms in total. The molecule has 2 aromatic carbocycles. The van der Waals surface area contributed by atoms with Crippen LogP contribution in [0.25, 0.3) is 17.4 Å². The molecular formula is C22H16N2O4S2. The van der Waals surface area contributed by atoms with Gasteiger partial charge in [-0.3, -0.25) is 19.8 Å². The van der Waals surface area contributed by atoms with E-state index in [9.17, 15) is 14.9 Å². The molecule has 8 heteroatoms. The molecule has 3 aromatic rings. The van der Waals surface area contributed by atoms with Gasteiger partial charge in [-0.15, -0.1) is 0 Å². The second-order valence-electron chi connectivity index (χ2n) is 6.55. The number of nitro benzene ring substituents is 1. The van der Waals surface area contributed by atoms with Gasteiger partial charge in [0.15, 0.2) is 0 Å². The number of furan rings is 1. The molecule has 0 atom stereocenters. The van der Waals surface area contributed by atoms with Crippen molar-refractivity contribution in [2.24, 2.45) is 0 Å². The number of rotatable bonds is 6. The molecule has 1 amide bonds. The summed E-state index contributed by atoms with van der Waals surface area (Å²) in [6.45, 7) is 0.506. The van der Waals surface area contributed by atoms with Crippen LogP contribution >= 0.6 is 24.0 Å². The van der Waals surface area contributed by atoms with Crippen LogP contribution in [0, 0.1) is 10.1 Å². The van der Waals surface area contributed by atoms with Gasteiger partial charge in [-0.05, 0) is 30.2 Å². The van der Waals surface area contributed by atoms with E-state index in [0.717, 1.165) is 5.56 Å². The van der Waals surface area contributed by atoms with Crippen molar-refractivity contribution < 1.29 is 14.1 Å². The first-order valence-electron chi connectivity index (χ1n) is 9.16. The van der Waals surface area contributed by atoms with Gasteiger partial charge in [-0.1, -0.05) is 66.4 Å². The minimum Gasteiger partial charge on any atom is -0.456 e. The smallest absolute Gasteiger partial charge is 0.280 e. The maximum Gasteiger partial charge on any atom is 0.280 e. The third kappa shape index (κ3) is 4.19. The fourth-order valence-electron chi connectivity index (χ4n) is 3.12. The van der Waals surface area contributed by atoms with Crippen LogP contribution in [0.1, 0.15) is 11.3 Å². The predicted molar refractivity (Wildman–Crippen MR) is 121 cm³/mol. The third-order valence-corrected chi connectivity index (χ3v) is 5.98. The maximum atomic E-state index is 12.8. The minimum atomic E-state index is -0.449. The van der Waals surface area contributed by atoms with Crippen LogP contribution in [0.15, 0.2) is 76.1 Å². The van der Waals surface area contributed by atoms with Crippen LogP contribution in [0.3, 0.4) is 0 Å². The third-order valence-electron chi connectivity index (χ3n) is 4.61. The highest BCUT2D eigenvalue weighted by Crippen LogP contribution is 2.35. The number of carbonyl (C=O) groups excluding carboxylic acids is 1. The summed E-state index contributed by atoms with van der Waals surface area (Å²) in [6.07, 6.45) is 2.34. The Morgan fingerprint density at radius 2 is 1.80 bits per heavy atom. The van der Waals surface area contributed by atoms with Crippen LogP contribution < -0.4 is 0 Å². The van der Waals surface area contributed by atoms with E-state index in [-0.39, 0.29) is 11.6 Å². The molecule has 0 aliphatic carbocycles. The van der Waals surface area contributed by atoms with Crippen molar-refractivity contribution in [3.05, 3.63) is 93.1 Å². The van der Waals surface area contributed by atoms with Crippen LogP contribution in [0.5, 0.6) is 0 Å². The molecular weight excluding hydrogens is 420 g/mol. The van der Waals surface area contributed by atoms with Gasteiger partial charge < -0.3 is 4.42 Å². The number of para-hydroxylation sites is 1. The van der Waals surface area contributed by atoms with E-state index in [1.165, 1.54) is 17.8 Å². The molecule has 2 heterocycles. The summed E-state index contributed by atoms with van der Waals surface area (Å²) in [7, 11) is 0. The minimum absolute atomic E-state index is 0.0364. The van der Waals surface area contributed by atoms with Gasteiger partial charge in [-0.25, -0.2) is 0 Å². The maximum absolute atomic E-state index is 12.8. The van der Waals surface area contributed by atoms with Crippen molar-refractivity contribution in [1.82, 2.24) is 4.90 Å². The number of nitro groups is 1. The Morgan fingerprint density at radius 3 is 2.57 bits per heavy atom. The summed E-state index contributed by atoms with van der Waals surface area (Å²) in [4.78, 5) is 25.6. The highest BCUT2D eigenvalue weighted by atomic mass is 32.2. The van der Waals surface area contributed by atoms with Crippen molar-refractivity contribution in [3.8, 4) is 11.3 Å². The molecule has 1 aliphatic rings. The molecule has 1 saturated heterocycles. The van der Waals surface area contributed by atoms with E-state index >= 15 is 0 Å². The van der Waals surface area contributed by atoms with Gasteiger partial charge in [0.25, 0.3) is 11.6 Å². The molecule has 0 bridgehead atoms. The second-order valence-corrected chi connectivity index (χ2v) is 8.22. The predicted octanol–water partition coefficient (Wildman–Crippen LogP) is 5.30. The lowest BCUT2D eigenvalue weighted by atomic mass is 10.1. The Hall–Kier alpha value is -3.23. The van der Waals surface area contributed by atoms with Crippen molar-refractivity contribution in [2.75, 3.05) is 6.54 Å². The van der Waals surface area contributed by atoms with Gasteiger partial charge in [-0.2, -0.15) is 0 Å². The van der Waals surface area contributed by atoms with E-state index < -0.39 is 4.92 Å². The number of hydrogen-bond acceptors (Lipinski definition) is 6. The van der Waals surface area contributed by atoms with E-state index in [1.807, 2.05) is 30.3 Å². The number of thioether (sulfide) groups is 1. The lowest BCUT2D eigenvalue weighted by Crippen LogP contribution is -2.30. The quantitative estimate of drug-likeness (QED) is 0.226. The molecule has 30 heavy (non-hydrogen) atoms. The summed E-state index contributed by atoms with van der Waals surface area (Å²) >= 11 is 6.60. The van der Waals surface area contributed by atoms with Gasteiger partial charge in [0, 0.05) is 18.7 Å². The molecule has 0 N–H and O–H groups in total. The van der Waals surface area contributed by atoms with E-state index in [2.05, 4.69) is 0 Å². The van der Waals surface area contributed by atoms with Crippen LogP contribution in [0.2, 0.25) is 0 Å². The highest BCUT2D eigenvalue weighted by Gasteiger charge is 2.32. The van der Waals surface area contributed by atoms with Crippen molar-refractivity contribution in [3.63, 3.8) is 0 Å². The molecule has 0 radical (unpaired) electrons. The lowest BCUT2D eigenvalue weighted by molar-refractivity contribution is -0.384. The molecule has 0 unspecified atom stereocenters. The molecule has 1 aliphatic heterocycles. The van der Waals surface area contributed by atoms with Crippen molar-refractivity contribution in [1.29, 1.82) is 0 Å². The van der Waals surface area contributed by atoms with Crippen molar-refractivity contribution in [2.45, 2.75) is 6.42 Å². The summed E-state index contributed by atoms with van der Waals surface area (Å²) in [5.41, 5.74) is 1.49. The summed E-state index contributed by atoms with van der Waals surface area (Å²) in [5.74, 6) is 0.643. The van der Waals surface area contributed by atoms with Crippen LogP contribution in [-0.4, -0.2) is 26.6 Å². The first kappa shape index (κ1) is 20.1. The number of hydrogen-bond donors (Lipinski definition) is 0.